The topological polar surface area (TPSA) is 118 Å². The van der Waals surface area contributed by atoms with Crippen molar-refractivity contribution in [1.29, 1.82) is 0 Å². The highest BCUT2D eigenvalue weighted by Crippen LogP contribution is 2.22. The van der Waals surface area contributed by atoms with E-state index < -0.39 is 5.91 Å². The monoisotopic (exact) mass is 369 g/mol. The predicted octanol–water partition coefficient (Wildman–Crippen LogP) is 2.48. The minimum atomic E-state index is -0.404. The molecule has 1 aromatic carbocycles. The van der Waals surface area contributed by atoms with Crippen LogP contribution in [0.2, 0.25) is 5.02 Å². The number of benzene rings is 1. The number of hydrogen-bond donors (Lipinski definition) is 4. The lowest BCUT2D eigenvalue weighted by atomic mass is 10.2. The Kier molecular flexibility index (Phi) is 5.45. The average Bonchev–Trinajstić information content (AvgIpc) is 2.67. The van der Waals surface area contributed by atoms with Gasteiger partial charge >= 0.3 is 0 Å². The van der Waals surface area contributed by atoms with Gasteiger partial charge in [0.1, 0.15) is 12.0 Å². The standard InChI is InChI=1S/C17H16ClN7O/c18-13-6-2-1-5-12(13)17(26)25-24-16-14(19)15(22-10-23-16)21-9-11-4-3-7-20-8-11/h1-8,10H,9,19H2,(H,25,26)(H2,21,22,23,24). The lowest BCUT2D eigenvalue weighted by Crippen LogP contribution is -2.30. The van der Waals surface area contributed by atoms with Gasteiger partial charge in [-0.2, -0.15) is 0 Å². The van der Waals surface area contributed by atoms with E-state index in [1.807, 2.05) is 12.1 Å². The first-order valence-corrected chi connectivity index (χ1v) is 8.07. The molecule has 0 atom stereocenters. The Morgan fingerprint density at radius 1 is 1.12 bits per heavy atom. The molecule has 0 aliphatic rings. The Balaban J connectivity index is 1.65. The number of nitrogens with two attached hydrogens (primary N) is 1. The van der Waals surface area contributed by atoms with Gasteiger partial charge in [0, 0.05) is 18.9 Å². The maximum absolute atomic E-state index is 12.2. The Morgan fingerprint density at radius 3 is 2.69 bits per heavy atom. The van der Waals surface area contributed by atoms with Crippen molar-refractivity contribution < 1.29 is 4.79 Å². The Labute approximate surface area is 154 Å². The zero-order chi connectivity index (χ0) is 18.4. The number of nitrogens with one attached hydrogen (secondary N) is 3. The first kappa shape index (κ1) is 17.4. The summed E-state index contributed by atoms with van der Waals surface area (Å²) in [6, 6.07) is 10.5. The fraction of sp³-hybridized carbons (Fsp3) is 0.0588. The minimum absolute atomic E-state index is 0.272. The third-order valence-electron chi connectivity index (χ3n) is 3.48. The normalized spacial score (nSPS) is 10.2. The molecule has 0 fully saturated rings. The summed E-state index contributed by atoms with van der Waals surface area (Å²) in [4.78, 5) is 24.4. The van der Waals surface area contributed by atoms with Crippen LogP contribution in [0.4, 0.5) is 17.3 Å². The van der Waals surface area contributed by atoms with E-state index in [4.69, 9.17) is 17.3 Å². The van der Waals surface area contributed by atoms with Crippen molar-refractivity contribution in [3.63, 3.8) is 0 Å². The van der Waals surface area contributed by atoms with Crippen LogP contribution in [0.1, 0.15) is 15.9 Å². The largest absolute Gasteiger partial charge is 0.393 e. The highest BCUT2D eigenvalue weighted by Gasteiger charge is 2.12. The molecule has 0 bridgehead atoms. The van der Waals surface area contributed by atoms with Gasteiger partial charge in [-0.15, -0.1) is 0 Å². The second kappa shape index (κ2) is 8.13. The molecule has 0 radical (unpaired) electrons. The number of aromatic nitrogens is 3. The second-order valence-corrected chi connectivity index (χ2v) is 5.67. The first-order valence-electron chi connectivity index (χ1n) is 7.69. The molecular formula is C17H16ClN7O. The molecule has 2 aromatic heterocycles. The van der Waals surface area contributed by atoms with E-state index in [0.717, 1.165) is 5.56 Å². The fourth-order valence-electron chi connectivity index (χ4n) is 2.15. The zero-order valence-electron chi connectivity index (χ0n) is 13.6. The van der Waals surface area contributed by atoms with Crippen molar-refractivity contribution in [2.24, 2.45) is 0 Å². The van der Waals surface area contributed by atoms with Crippen molar-refractivity contribution in [2.45, 2.75) is 6.54 Å². The summed E-state index contributed by atoms with van der Waals surface area (Å²) in [7, 11) is 0. The molecule has 9 heteroatoms. The summed E-state index contributed by atoms with van der Waals surface area (Å²) in [6.45, 7) is 0.500. The van der Waals surface area contributed by atoms with E-state index in [2.05, 4.69) is 31.1 Å². The van der Waals surface area contributed by atoms with Crippen LogP contribution in [0.5, 0.6) is 0 Å². The molecule has 0 spiro atoms. The molecular weight excluding hydrogens is 354 g/mol. The molecule has 0 aliphatic heterocycles. The van der Waals surface area contributed by atoms with E-state index in [1.54, 1.807) is 36.7 Å². The third kappa shape index (κ3) is 4.17. The van der Waals surface area contributed by atoms with Gasteiger partial charge in [-0.1, -0.05) is 29.8 Å². The molecule has 1 amide bonds. The zero-order valence-corrected chi connectivity index (χ0v) is 14.4. The molecule has 2 heterocycles. The fourth-order valence-corrected chi connectivity index (χ4v) is 2.37. The Morgan fingerprint density at radius 2 is 1.92 bits per heavy atom. The van der Waals surface area contributed by atoms with Gasteiger partial charge in [-0.25, -0.2) is 9.97 Å². The summed E-state index contributed by atoms with van der Waals surface area (Å²) in [5, 5.41) is 3.46. The van der Waals surface area contributed by atoms with Gasteiger partial charge in [0.25, 0.3) is 5.91 Å². The van der Waals surface area contributed by atoms with Crippen molar-refractivity contribution in [3.8, 4) is 0 Å². The van der Waals surface area contributed by atoms with E-state index in [-0.39, 0.29) is 11.5 Å². The number of hydrogen-bond acceptors (Lipinski definition) is 7. The van der Waals surface area contributed by atoms with Crippen molar-refractivity contribution in [2.75, 3.05) is 16.5 Å². The molecule has 0 saturated carbocycles. The van der Waals surface area contributed by atoms with Crippen LogP contribution in [-0.2, 0) is 6.54 Å². The molecule has 0 aliphatic carbocycles. The number of carbonyl (C=O) groups excluding carboxylic acids is 1. The summed E-state index contributed by atoms with van der Waals surface area (Å²) in [6.07, 6.45) is 4.78. The number of halogens is 1. The van der Waals surface area contributed by atoms with Crippen LogP contribution in [0.25, 0.3) is 0 Å². The molecule has 8 nitrogen and oxygen atoms in total. The van der Waals surface area contributed by atoms with Crippen LogP contribution < -0.4 is 21.9 Å². The average molecular weight is 370 g/mol. The van der Waals surface area contributed by atoms with Crippen LogP contribution in [-0.4, -0.2) is 20.9 Å². The van der Waals surface area contributed by atoms with Gasteiger partial charge in [0.05, 0.1) is 10.6 Å². The smallest absolute Gasteiger partial charge is 0.271 e. The van der Waals surface area contributed by atoms with Gasteiger partial charge in [0.2, 0.25) is 0 Å². The lowest BCUT2D eigenvalue weighted by Gasteiger charge is -2.13. The van der Waals surface area contributed by atoms with E-state index in [1.165, 1.54) is 6.33 Å². The number of anilines is 3. The number of rotatable bonds is 6. The number of carbonyl (C=O) groups is 1. The molecule has 0 unspecified atom stereocenters. The van der Waals surface area contributed by atoms with Gasteiger partial charge in [-0.05, 0) is 23.8 Å². The molecule has 3 aromatic rings. The van der Waals surface area contributed by atoms with E-state index >= 15 is 0 Å². The summed E-state index contributed by atoms with van der Waals surface area (Å²) in [5.41, 5.74) is 12.9. The number of hydrazine groups is 1. The van der Waals surface area contributed by atoms with E-state index in [0.29, 0.717) is 22.9 Å². The molecule has 0 saturated heterocycles. The van der Waals surface area contributed by atoms with Crippen molar-refractivity contribution >= 4 is 34.8 Å². The summed E-state index contributed by atoms with van der Waals surface area (Å²) >= 11 is 6.00. The molecule has 3 rings (SSSR count). The first-order chi connectivity index (χ1) is 12.6. The predicted molar refractivity (Wildman–Crippen MR) is 101 cm³/mol. The number of amides is 1. The maximum Gasteiger partial charge on any atom is 0.271 e. The lowest BCUT2D eigenvalue weighted by molar-refractivity contribution is 0.0962. The highest BCUT2D eigenvalue weighted by molar-refractivity contribution is 6.33. The Hall–Kier alpha value is -3.39. The summed E-state index contributed by atoms with van der Waals surface area (Å²) in [5.74, 6) is 0.311. The van der Waals surface area contributed by atoms with Crippen LogP contribution in [0.15, 0.2) is 55.1 Å². The maximum atomic E-state index is 12.2. The highest BCUT2D eigenvalue weighted by atomic mass is 35.5. The van der Waals surface area contributed by atoms with E-state index in [9.17, 15) is 4.79 Å². The third-order valence-corrected chi connectivity index (χ3v) is 3.81. The molecule has 132 valence electrons. The summed E-state index contributed by atoms with van der Waals surface area (Å²) < 4.78 is 0. The SMILES string of the molecule is Nc1c(NCc2cccnc2)ncnc1NNC(=O)c1ccccc1Cl. The Bertz CT molecular complexity index is 905. The molecule has 26 heavy (non-hydrogen) atoms. The number of pyridine rings is 1. The van der Waals surface area contributed by atoms with Crippen LogP contribution in [0.3, 0.4) is 0 Å². The minimum Gasteiger partial charge on any atom is -0.393 e. The van der Waals surface area contributed by atoms with Crippen LogP contribution in [0, 0.1) is 0 Å². The molecule has 5 N–H and O–H groups in total. The second-order valence-electron chi connectivity index (χ2n) is 5.26. The number of nitrogens with zero attached hydrogens (tertiary/aromatic N) is 3. The van der Waals surface area contributed by atoms with Crippen LogP contribution >= 0.6 is 11.6 Å². The van der Waals surface area contributed by atoms with Gasteiger partial charge < -0.3 is 11.1 Å². The van der Waals surface area contributed by atoms with Crippen molar-refractivity contribution in [1.82, 2.24) is 20.4 Å². The van der Waals surface area contributed by atoms with Crippen molar-refractivity contribution in [3.05, 3.63) is 71.3 Å². The van der Waals surface area contributed by atoms with Gasteiger partial charge in [0.15, 0.2) is 11.6 Å². The quantitative estimate of drug-likeness (QED) is 0.493. The van der Waals surface area contributed by atoms with Gasteiger partial charge in [-0.3, -0.25) is 20.6 Å². The number of nitrogen functional groups attached to an aromatic ring is 1.